The maximum Gasteiger partial charge on any atom is 0.406 e. The van der Waals surface area contributed by atoms with E-state index in [1.165, 1.54) is 23.5 Å². The number of hydrogen-bond acceptors (Lipinski definition) is 10. The number of alkyl halides is 3. The maximum absolute atomic E-state index is 12.9. The monoisotopic (exact) mass is 638 g/mol. The molecular weight excluding hydrogens is 613 g/mol. The van der Waals surface area contributed by atoms with E-state index in [1.807, 2.05) is 18.4 Å². The lowest BCUT2D eigenvalue weighted by molar-refractivity contribution is -0.141. The molecule has 0 aliphatic rings. The molecule has 6 aromatic rings. The Hall–Kier alpha value is -5.02. The van der Waals surface area contributed by atoms with Gasteiger partial charge in [-0.3, -0.25) is 4.79 Å². The van der Waals surface area contributed by atoms with Crippen molar-refractivity contribution in [1.82, 2.24) is 29.5 Å². The van der Waals surface area contributed by atoms with Crippen molar-refractivity contribution in [2.75, 3.05) is 26.8 Å². The Labute approximate surface area is 257 Å². The van der Waals surface area contributed by atoms with Crippen LogP contribution in [0.15, 0.2) is 64.7 Å². The Kier molecular flexibility index (Phi) is 8.12. The van der Waals surface area contributed by atoms with Crippen LogP contribution in [0.25, 0.3) is 38.8 Å². The number of furan rings is 1. The molecule has 6 rings (SSSR count). The molecule has 0 aliphatic heterocycles. The van der Waals surface area contributed by atoms with Gasteiger partial charge in [0.15, 0.2) is 5.76 Å². The number of nitrogens with zero attached hydrogens (tertiary/aromatic N) is 6. The minimum absolute atomic E-state index is 0.0735. The molecule has 4 heterocycles. The van der Waals surface area contributed by atoms with Gasteiger partial charge < -0.3 is 23.9 Å². The SMILES string of the molecule is COc1cc(OCc2csc(-c3ccc(C(=O)N(CCO)CC(F)(F)F)cc3)n2)c2cc(-c3cn4nc(C)cnc4n3)oc2c1. The van der Waals surface area contributed by atoms with E-state index in [4.69, 9.17) is 19.0 Å². The van der Waals surface area contributed by atoms with Gasteiger partial charge in [0.2, 0.25) is 0 Å². The number of amides is 1. The minimum atomic E-state index is -4.58. The van der Waals surface area contributed by atoms with Gasteiger partial charge in [0.1, 0.15) is 40.9 Å². The molecule has 11 nitrogen and oxygen atoms in total. The zero-order valence-corrected chi connectivity index (χ0v) is 24.7. The molecule has 0 radical (unpaired) electrons. The fourth-order valence-corrected chi connectivity index (χ4v) is 5.43. The number of carbonyl (C=O) groups excluding carboxylic acids is 1. The largest absolute Gasteiger partial charge is 0.496 e. The molecule has 0 saturated heterocycles. The molecule has 0 spiro atoms. The van der Waals surface area contributed by atoms with Gasteiger partial charge in [-0.05, 0) is 25.1 Å². The molecule has 45 heavy (non-hydrogen) atoms. The molecule has 0 unspecified atom stereocenters. The highest BCUT2D eigenvalue weighted by atomic mass is 32.1. The molecule has 15 heteroatoms. The van der Waals surface area contributed by atoms with Gasteiger partial charge >= 0.3 is 6.18 Å². The summed E-state index contributed by atoms with van der Waals surface area (Å²) >= 11 is 1.36. The van der Waals surface area contributed by atoms with E-state index in [0.717, 1.165) is 5.69 Å². The quantitative estimate of drug-likeness (QED) is 0.205. The zero-order chi connectivity index (χ0) is 31.7. The Morgan fingerprint density at radius 1 is 1.16 bits per heavy atom. The predicted molar refractivity (Wildman–Crippen MR) is 158 cm³/mol. The van der Waals surface area contributed by atoms with Crippen molar-refractivity contribution in [2.45, 2.75) is 19.7 Å². The van der Waals surface area contributed by atoms with E-state index >= 15 is 0 Å². The molecule has 1 amide bonds. The van der Waals surface area contributed by atoms with Gasteiger partial charge in [0, 0.05) is 35.2 Å². The number of rotatable bonds is 10. The van der Waals surface area contributed by atoms with Crippen molar-refractivity contribution in [3.8, 4) is 33.5 Å². The molecule has 4 aromatic heterocycles. The number of aryl methyl sites for hydroxylation is 1. The van der Waals surface area contributed by atoms with Crippen LogP contribution in [0.2, 0.25) is 0 Å². The van der Waals surface area contributed by atoms with Crippen molar-refractivity contribution in [1.29, 1.82) is 0 Å². The van der Waals surface area contributed by atoms with Crippen LogP contribution >= 0.6 is 11.3 Å². The number of aliphatic hydroxyl groups is 1. The third-order valence-corrected chi connectivity index (χ3v) is 7.64. The normalized spacial score (nSPS) is 11.8. The van der Waals surface area contributed by atoms with Crippen molar-refractivity contribution >= 4 is 34.0 Å². The zero-order valence-electron chi connectivity index (χ0n) is 23.9. The summed E-state index contributed by atoms with van der Waals surface area (Å²) < 4.78 is 57.9. The van der Waals surface area contributed by atoms with E-state index in [0.29, 0.717) is 60.9 Å². The second kappa shape index (κ2) is 12.2. The molecule has 0 bridgehead atoms. The van der Waals surface area contributed by atoms with Crippen molar-refractivity contribution < 1.29 is 37.0 Å². The van der Waals surface area contributed by atoms with E-state index in [-0.39, 0.29) is 12.2 Å². The number of thiazole rings is 1. The second-order valence-corrected chi connectivity index (χ2v) is 10.9. The number of aliphatic hydroxyl groups excluding tert-OH is 1. The summed E-state index contributed by atoms with van der Waals surface area (Å²) in [5.41, 5.74) is 3.24. The number of fused-ring (bicyclic) bond motifs is 2. The standard InChI is InChI=1S/C30H25F3N6O5S/c1-17-12-34-29-36-23(13-39(29)37-17)26-11-22-24(9-21(42-2)10-25(22)44-26)43-14-20-15-45-27(35-20)18-3-5-19(6-4-18)28(41)38(7-8-40)16-30(31,32)33/h3-6,9-13,15,40H,7-8,14,16H2,1-2H3. The molecule has 0 fully saturated rings. The summed E-state index contributed by atoms with van der Waals surface area (Å²) in [5, 5.41) is 16.7. The van der Waals surface area contributed by atoms with Crippen LogP contribution in [-0.4, -0.2) is 73.5 Å². The summed E-state index contributed by atoms with van der Waals surface area (Å²) in [6.45, 7) is -0.481. The molecule has 0 aliphatic carbocycles. The average molecular weight is 639 g/mol. The smallest absolute Gasteiger partial charge is 0.406 e. The Morgan fingerprint density at radius 2 is 1.96 bits per heavy atom. The molecular formula is C30H25F3N6O5S. The van der Waals surface area contributed by atoms with Crippen LogP contribution in [0.5, 0.6) is 11.5 Å². The first-order chi connectivity index (χ1) is 21.6. The Bertz CT molecular complexity index is 1990. The highest BCUT2D eigenvalue weighted by Crippen LogP contribution is 2.37. The second-order valence-electron chi connectivity index (χ2n) is 9.99. The average Bonchev–Trinajstić information content (AvgIpc) is 3.76. The number of carbonyl (C=O) groups is 1. The van der Waals surface area contributed by atoms with Crippen molar-refractivity contribution in [2.24, 2.45) is 0 Å². The van der Waals surface area contributed by atoms with Crippen LogP contribution in [0, 0.1) is 6.92 Å². The molecule has 0 atom stereocenters. The van der Waals surface area contributed by atoms with Crippen LogP contribution in [0.3, 0.4) is 0 Å². The predicted octanol–water partition coefficient (Wildman–Crippen LogP) is 5.55. The number of aromatic nitrogens is 5. The summed E-state index contributed by atoms with van der Waals surface area (Å²) in [6, 6.07) is 11.4. The first kappa shape index (κ1) is 30.0. The number of benzene rings is 2. The van der Waals surface area contributed by atoms with E-state index in [2.05, 4.69) is 20.1 Å². The lowest BCUT2D eigenvalue weighted by Crippen LogP contribution is -2.40. The Balaban J connectivity index is 1.18. The van der Waals surface area contributed by atoms with Gasteiger partial charge in [0.25, 0.3) is 11.7 Å². The number of ether oxygens (including phenoxy) is 2. The fourth-order valence-electron chi connectivity index (χ4n) is 4.62. The highest BCUT2D eigenvalue weighted by molar-refractivity contribution is 7.13. The fraction of sp³-hybridized carbons (Fsp3) is 0.233. The first-order valence-corrected chi connectivity index (χ1v) is 14.4. The van der Waals surface area contributed by atoms with Gasteiger partial charge in [0.05, 0.1) is 42.9 Å². The molecule has 1 N–H and O–H groups in total. The van der Waals surface area contributed by atoms with Gasteiger partial charge in [-0.15, -0.1) is 11.3 Å². The molecule has 232 valence electrons. The van der Waals surface area contributed by atoms with Crippen LogP contribution in [0.1, 0.15) is 21.7 Å². The van der Waals surface area contributed by atoms with E-state index < -0.39 is 31.8 Å². The topological polar surface area (TPSA) is 128 Å². The summed E-state index contributed by atoms with van der Waals surface area (Å²) in [4.78, 5) is 26.6. The minimum Gasteiger partial charge on any atom is -0.496 e. The molecule has 2 aromatic carbocycles. The maximum atomic E-state index is 12.9. The van der Waals surface area contributed by atoms with E-state index in [9.17, 15) is 18.0 Å². The van der Waals surface area contributed by atoms with Gasteiger partial charge in [-0.1, -0.05) is 12.1 Å². The third-order valence-electron chi connectivity index (χ3n) is 6.70. The number of imidazole rings is 1. The Morgan fingerprint density at radius 3 is 2.69 bits per heavy atom. The van der Waals surface area contributed by atoms with Crippen LogP contribution in [0.4, 0.5) is 13.2 Å². The summed E-state index contributed by atoms with van der Waals surface area (Å²) in [5.74, 6) is 1.17. The highest BCUT2D eigenvalue weighted by Gasteiger charge is 2.33. The summed E-state index contributed by atoms with van der Waals surface area (Å²) in [6.07, 6.45) is -1.21. The number of halogens is 3. The number of methoxy groups -OCH3 is 1. The lowest BCUT2D eigenvalue weighted by Gasteiger charge is -2.23. The first-order valence-electron chi connectivity index (χ1n) is 13.6. The van der Waals surface area contributed by atoms with Gasteiger partial charge in [-0.25, -0.2) is 19.5 Å². The van der Waals surface area contributed by atoms with Crippen LogP contribution in [-0.2, 0) is 6.61 Å². The van der Waals surface area contributed by atoms with Gasteiger partial charge in [-0.2, -0.15) is 18.3 Å². The third kappa shape index (κ3) is 6.58. The summed E-state index contributed by atoms with van der Waals surface area (Å²) in [7, 11) is 1.54. The lowest BCUT2D eigenvalue weighted by atomic mass is 10.1. The number of hydrogen-bond donors (Lipinski definition) is 1. The van der Waals surface area contributed by atoms with Crippen molar-refractivity contribution in [3.63, 3.8) is 0 Å². The van der Waals surface area contributed by atoms with E-state index in [1.54, 1.807) is 48.3 Å². The van der Waals surface area contributed by atoms with Crippen LogP contribution < -0.4 is 9.47 Å². The molecule has 0 saturated carbocycles. The van der Waals surface area contributed by atoms with Crippen molar-refractivity contribution in [3.05, 3.63) is 77.2 Å².